The van der Waals surface area contributed by atoms with Crippen LogP contribution in [0.5, 0.6) is 0 Å². The van der Waals surface area contributed by atoms with Gasteiger partial charge in [-0.25, -0.2) is 4.98 Å². The highest BCUT2D eigenvalue weighted by Crippen LogP contribution is 2.29. The van der Waals surface area contributed by atoms with E-state index in [1.54, 1.807) is 12.3 Å². The number of aromatic nitrogens is 2. The molecule has 2 rings (SSSR count). The molecule has 0 saturated carbocycles. The number of benzene rings is 1. The Hall–Kier alpha value is -1.82. The zero-order valence-corrected chi connectivity index (χ0v) is 10.4. The average Bonchev–Trinajstić information content (AvgIpc) is 2.74. The number of aromatic amines is 1. The van der Waals surface area contributed by atoms with E-state index in [9.17, 15) is 13.2 Å². The molecule has 102 valence electrons. The Kier molecular flexibility index (Phi) is 3.90. The van der Waals surface area contributed by atoms with Gasteiger partial charge < -0.3 is 10.3 Å². The summed E-state index contributed by atoms with van der Waals surface area (Å²) in [5.74, 6) is 0.768. The minimum Gasteiger partial charge on any atom is -0.345 e. The van der Waals surface area contributed by atoms with Crippen molar-refractivity contribution in [2.45, 2.75) is 26.2 Å². The molecule has 0 spiro atoms. The highest BCUT2D eigenvalue weighted by molar-refractivity contribution is 5.25. The van der Waals surface area contributed by atoms with Crippen molar-refractivity contribution in [2.75, 3.05) is 0 Å². The predicted octanol–water partition coefficient (Wildman–Crippen LogP) is 3.03. The third-order valence-electron chi connectivity index (χ3n) is 2.63. The summed E-state index contributed by atoms with van der Waals surface area (Å²) in [5, 5.41) is 3.05. The van der Waals surface area contributed by atoms with Gasteiger partial charge in [0.25, 0.3) is 0 Å². The minimum absolute atomic E-state index is 0.365. The van der Waals surface area contributed by atoms with Crippen LogP contribution in [0.3, 0.4) is 0 Å². The number of rotatable bonds is 4. The summed E-state index contributed by atoms with van der Waals surface area (Å²) < 4.78 is 37.6. The molecule has 0 unspecified atom stereocenters. The lowest BCUT2D eigenvalue weighted by atomic mass is 10.1. The molecule has 2 aromatic rings. The summed E-state index contributed by atoms with van der Waals surface area (Å²) in [7, 11) is 0. The molecular weight excluding hydrogens is 255 g/mol. The van der Waals surface area contributed by atoms with Gasteiger partial charge in [0.05, 0.1) is 12.1 Å². The number of alkyl halides is 3. The molecule has 0 radical (unpaired) electrons. The van der Waals surface area contributed by atoms with Crippen molar-refractivity contribution in [1.82, 2.24) is 15.3 Å². The van der Waals surface area contributed by atoms with E-state index in [-0.39, 0.29) is 0 Å². The first-order chi connectivity index (χ1) is 8.95. The summed E-state index contributed by atoms with van der Waals surface area (Å²) >= 11 is 0. The maximum absolute atomic E-state index is 12.5. The quantitative estimate of drug-likeness (QED) is 0.895. The minimum atomic E-state index is -4.30. The lowest BCUT2D eigenvalue weighted by Gasteiger charge is -2.09. The van der Waals surface area contributed by atoms with Crippen LogP contribution in [0.1, 0.15) is 22.6 Å². The Morgan fingerprint density at radius 3 is 2.68 bits per heavy atom. The molecule has 0 aliphatic rings. The number of imidazole rings is 1. The Bertz CT molecular complexity index is 546. The van der Waals surface area contributed by atoms with Gasteiger partial charge in [-0.05, 0) is 18.6 Å². The van der Waals surface area contributed by atoms with Crippen LogP contribution in [0.25, 0.3) is 0 Å². The Morgan fingerprint density at radius 2 is 2.05 bits per heavy atom. The van der Waals surface area contributed by atoms with E-state index < -0.39 is 11.7 Å². The van der Waals surface area contributed by atoms with Gasteiger partial charge in [0, 0.05) is 18.4 Å². The summed E-state index contributed by atoms with van der Waals surface area (Å²) in [6.07, 6.45) is -2.59. The standard InChI is InChI=1S/C13H14F3N3/c1-9-6-18-12(19-9)8-17-7-10-3-2-4-11(5-10)13(14,15)16/h2-6,17H,7-8H2,1H3,(H,18,19). The van der Waals surface area contributed by atoms with Crippen molar-refractivity contribution in [3.05, 3.63) is 53.1 Å². The molecule has 0 saturated heterocycles. The Balaban J connectivity index is 1.93. The van der Waals surface area contributed by atoms with E-state index in [1.807, 2.05) is 6.92 Å². The fourth-order valence-corrected chi connectivity index (χ4v) is 1.74. The molecule has 2 N–H and O–H groups in total. The summed E-state index contributed by atoms with van der Waals surface area (Å²) in [4.78, 5) is 7.15. The smallest absolute Gasteiger partial charge is 0.345 e. The van der Waals surface area contributed by atoms with Crippen molar-refractivity contribution < 1.29 is 13.2 Å². The van der Waals surface area contributed by atoms with Gasteiger partial charge in [0.1, 0.15) is 5.82 Å². The molecule has 6 heteroatoms. The van der Waals surface area contributed by atoms with Gasteiger partial charge in [0.2, 0.25) is 0 Å². The second-order valence-corrected chi connectivity index (χ2v) is 4.31. The highest BCUT2D eigenvalue weighted by atomic mass is 19.4. The van der Waals surface area contributed by atoms with Gasteiger partial charge in [-0.1, -0.05) is 18.2 Å². The highest BCUT2D eigenvalue weighted by Gasteiger charge is 2.30. The van der Waals surface area contributed by atoms with Crippen molar-refractivity contribution in [2.24, 2.45) is 0 Å². The molecule has 0 amide bonds. The van der Waals surface area contributed by atoms with E-state index >= 15 is 0 Å². The van der Waals surface area contributed by atoms with Gasteiger partial charge in [-0.2, -0.15) is 13.2 Å². The van der Waals surface area contributed by atoms with Crippen LogP contribution in [0.4, 0.5) is 13.2 Å². The molecule has 1 aromatic heterocycles. The molecular formula is C13H14F3N3. The SMILES string of the molecule is Cc1cnc(CNCc2cccc(C(F)(F)F)c2)[nH]1. The van der Waals surface area contributed by atoms with Crippen molar-refractivity contribution in [1.29, 1.82) is 0 Å². The third kappa shape index (κ3) is 3.82. The van der Waals surface area contributed by atoms with Crippen LogP contribution < -0.4 is 5.32 Å². The second-order valence-electron chi connectivity index (χ2n) is 4.31. The van der Waals surface area contributed by atoms with Gasteiger partial charge in [-0.3, -0.25) is 0 Å². The van der Waals surface area contributed by atoms with E-state index in [0.717, 1.165) is 23.7 Å². The van der Waals surface area contributed by atoms with Gasteiger partial charge >= 0.3 is 6.18 Å². The van der Waals surface area contributed by atoms with Crippen LogP contribution in [0.15, 0.2) is 30.5 Å². The lowest BCUT2D eigenvalue weighted by Crippen LogP contribution is -2.14. The number of hydrogen-bond acceptors (Lipinski definition) is 2. The molecule has 0 aliphatic carbocycles. The molecule has 19 heavy (non-hydrogen) atoms. The number of H-pyrrole nitrogens is 1. The topological polar surface area (TPSA) is 40.7 Å². The molecule has 0 bridgehead atoms. The van der Waals surface area contributed by atoms with Crippen LogP contribution in [0, 0.1) is 6.92 Å². The van der Waals surface area contributed by atoms with Crippen LogP contribution in [-0.2, 0) is 19.3 Å². The van der Waals surface area contributed by atoms with E-state index in [1.165, 1.54) is 6.07 Å². The zero-order chi connectivity index (χ0) is 13.9. The molecule has 0 fully saturated rings. The molecule has 0 atom stereocenters. The van der Waals surface area contributed by atoms with E-state index in [4.69, 9.17) is 0 Å². The normalized spacial score (nSPS) is 11.8. The fraction of sp³-hybridized carbons (Fsp3) is 0.308. The van der Waals surface area contributed by atoms with Gasteiger partial charge in [-0.15, -0.1) is 0 Å². The lowest BCUT2D eigenvalue weighted by molar-refractivity contribution is -0.137. The Labute approximate surface area is 108 Å². The number of nitrogens with zero attached hydrogens (tertiary/aromatic N) is 1. The monoisotopic (exact) mass is 269 g/mol. The number of aryl methyl sites for hydroxylation is 1. The summed E-state index contributed by atoms with van der Waals surface area (Å²) in [5.41, 5.74) is 0.926. The van der Waals surface area contributed by atoms with Gasteiger partial charge in [0.15, 0.2) is 0 Å². The molecule has 1 heterocycles. The average molecular weight is 269 g/mol. The van der Waals surface area contributed by atoms with Crippen LogP contribution in [-0.4, -0.2) is 9.97 Å². The second kappa shape index (κ2) is 5.44. The first-order valence-corrected chi connectivity index (χ1v) is 5.82. The largest absolute Gasteiger partial charge is 0.416 e. The molecule has 3 nitrogen and oxygen atoms in total. The van der Waals surface area contributed by atoms with E-state index in [0.29, 0.717) is 18.7 Å². The third-order valence-corrected chi connectivity index (χ3v) is 2.63. The molecule has 0 aliphatic heterocycles. The van der Waals surface area contributed by atoms with Crippen molar-refractivity contribution in [3.8, 4) is 0 Å². The number of halogens is 3. The first kappa shape index (κ1) is 13.6. The number of hydrogen-bond donors (Lipinski definition) is 2. The molecule has 1 aromatic carbocycles. The summed E-state index contributed by atoms with van der Waals surface area (Å²) in [6, 6.07) is 5.30. The maximum Gasteiger partial charge on any atom is 0.416 e. The maximum atomic E-state index is 12.5. The van der Waals surface area contributed by atoms with Crippen molar-refractivity contribution >= 4 is 0 Å². The fourth-order valence-electron chi connectivity index (χ4n) is 1.74. The van der Waals surface area contributed by atoms with Crippen LogP contribution >= 0.6 is 0 Å². The van der Waals surface area contributed by atoms with Crippen molar-refractivity contribution in [3.63, 3.8) is 0 Å². The van der Waals surface area contributed by atoms with E-state index in [2.05, 4.69) is 15.3 Å². The summed E-state index contributed by atoms with van der Waals surface area (Å²) in [6.45, 7) is 2.75. The Morgan fingerprint density at radius 1 is 1.26 bits per heavy atom. The number of nitrogens with one attached hydrogen (secondary N) is 2. The first-order valence-electron chi connectivity index (χ1n) is 5.82. The zero-order valence-electron chi connectivity index (χ0n) is 10.4. The predicted molar refractivity (Wildman–Crippen MR) is 65.3 cm³/mol. The van der Waals surface area contributed by atoms with Crippen LogP contribution in [0.2, 0.25) is 0 Å².